The maximum Gasteiger partial charge on any atom is 0.261 e. The summed E-state index contributed by atoms with van der Waals surface area (Å²) in [6.45, 7) is 6.31. The number of carbonyl (C=O) groups excluding carboxylic acids is 1. The van der Waals surface area contributed by atoms with Gasteiger partial charge in [0.25, 0.3) is 5.91 Å². The monoisotopic (exact) mass is 460 g/mol. The van der Waals surface area contributed by atoms with Gasteiger partial charge >= 0.3 is 0 Å². The summed E-state index contributed by atoms with van der Waals surface area (Å²) < 4.78 is 5.66. The van der Waals surface area contributed by atoms with E-state index in [0.29, 0.717) is 12.1 Å². The number of aromatic nitrogens is 1. The molecule has 1 aromatic heterocycles. The third kappa shape index (κ3) is 6.45. The van der Waals surface area contributed by atoms with Gasteiger partial charge in [0.05, 0.1) is 6.10 Å². The zero-order valence-electron chi connectivity index (χ0n) is 20.8. The molecule has 0 aliphatic carbocycles. The molecule has 0 saturated heterocycles. The summed E-state index contributed by atoms with van der Waals surface area (Å²) in [5.41, 5.74) is 10.7. The highest BCUT2D eigenvalue weighted by Crippen LogP contribution is 2.26. The Kier molecular flexibility index (Phi) is 9.24. The van der Waals surface area contributed by atoms with Crippen molar-refractivity contribution in [3.63, 3.8) is 0 Å². The highest BCUT2D eigenvalue weighted by atomic mass is 16.5. The molecule has 1 aromatic carbocycles. The van der Waals surface area contributed by atoms with E-state index in [4.69, 9.17) is 10.5 Å². The smallest absolute Gasteiger partial charge is 0.261 e. The van der Waals surface area contributed by atoms with Crippen LogP contribution in [0, 0.1) is 11.8 Å². The van der Waals surface area contributed by atoms with Crippen molar-refractivity contribution in [3.8, 4) is 23.0 Å². The Morgan fingerprint density at radius 2 is 1.91 bits per heavy atom. The van der Waals surface area contributed by atoms with E-state index in [1.807, 2.05) is 26.0 Å². The van der Waals surface area contributed by atoms with Crippen molar-refractivity contribution in [2.24, 2.45) is 10.7 Å². The third-order valence-electron chi connectivity index (χ3n) is 6.18. The molecule has 1 atom stereocenters. The number of rotatable bonds is 3. The van der Waals surface area contributed by atoms with Gasteiger partial charge in [-0.05, 0) is 76.1 Å². The lowest BCUT2D eigenvalue weighted by Gasteiger charge is -2.27. The summed E-state index contributed by atoms with van der Waals surface area (Å²) in [6.07, 6.45) is 9.47. The standard InChI is InChI=1S/C28H36N4O2/c1-5-9-21-16-24(19-30-18-21)23-14-13-22-10-6-7-11-25(34-4)12-8-15-31-28(29)32(20(2)3)27(33)26(22)17-23/h13-14,16-20,25H,6-8,10-12,15H2,1-4H3,(H2,29,31). The Morgan fingerprint density at radius 1 is 1.12 bits per heavy atom. The minimum Gasteiger partial charge on any atom is -0.381 e. The number of hydrogen-bond acceptors (Lipinski definition) is 5. The van der Waals surface area contributed by atoms with Crippen molar-refractivity contribution in [1.82, 2.24) is 9.88 Å². The van der Waals surface area contributed by atoms with E-state index >= 15 is 0 Å². The molecule has 1 aliphatic rings. The van der Waals surface area contributed by atoms with E-state index in [9.17, 15) is 4.79 Å². The number of pyridine rings is 1. The second-order valence-electron chi connectivity index (χ2n) is 8.96. The number of benzene rings is 1. The minimum atomic E-state index is -0.114. The fraction of sp³-hybridized carbons (Fsp3) is 0.464. The summed E-state index contributed by atoms with van der Waals surface area (Å²) in [5.74, 6) is 6.12. The lowest BCUT2D eigenvalue weighted by Crippen LogP contribution is -2.46. The molecule has 2 N–H and O–H groups in total. The largest absolute Gasteiger partial charge is 0.381 e. The highest BCUT2D eigenvalue weighted by molar-refractivity contribution is 6.07. The summed E-state index contributed by atoms with van der Waals surface area (Å²) in [6, 6.07) is 7.97. The average molecular weight is 461 g/mol. The third-order valence-corrected chi connectivity index (χ3v) is 6.18. The number of amides is 1. The molecule has 0 fully saturated rings. The minimum absolute atomic E-state index is 0.114. The summed E-state index contributed by atoms with van der Waals surface area (Å²) in [4.78, 5) is 24.3. The molecule has 1 aliphatic heterocycles. The highest BCUT2D eigenvalue weighted by Gasteiger charge is 2.25. The summed E-state index contributed by atoms with van der Waals surface area (Å²) >= 11 is 0. The first kappa shape index (κ1) is 25.5. The van der Waals surface area contributed by atoms with Gasteiger partial charge in [-0.15, -0.1) is 5.92 Å². The van der Waals surface area contributed by atoms with Crippen LogP contribution in [0.2, 0.25) is 0 Å². The zero-order valence-corrected chi connectivity index (χ0v) is 20.8. The second kappa shape index (κ2) is 12.3. The molecule has 0 radical (unpaired) electrons. The van der Waals surface area contributed by atoms with Gasteiger partial charge < -0.3 is 10.5 Å². The molecule has 180 valence electrons. The molecule has 0 saturated carbocycles. The molecule has 6 heteroatoms. The number of guanidine groups is 1. The van der Waals surface area contributed by atoms with Crippen LogP contribution in [0.5, 0.6) is 0 Å². The van der Waals surface area contributed by atoms with Crippen LogP contribution in [0.1, 0.15) is 74.4 Å². The number of aliphatic imine (C=N–C) groups is 1. The van der Waals surface area contributed by atoms with Gasteiger partial charge in [0.1, 0.15) is 0 Å². The van der Waals surface area contributed by atoms with Crippen LogP contribution in [-0.4, -0.2) is 47.6 Å². The SMILES string of the molecule is CC#Cc1cncc(-c2ccc3c(c2)C(=O)N(C(C)C)C(N)=NCCCC(OC)CCCC3)c1. The van der Waals surface area contributed by atoms with E-state index in [1.165, 1.54) is 0 Å². The maximum atomic E-state index is 13.8. The number of ether oxygens (including phenoxy) is 1. The van der Waals surface area contributed by atoms with Crippen LogP contribution in [0.3, 0.4) is 0 Å². The number of hydrogen-bond donors (Lipinski definition) is 1. The molecule has 1 amide bonds. The Bertz CT molecular complexity index is 1080. The Balaban J connectivity index is 2.04. The molecule has 1 unspecified atom stereocenters. The lowest BCUT2D eigenvalue weighted by atomic mass is 9.94. The van der Waals surface area contributed by atoms with Gasteiger partial charge in [-0.25, -0.2) is 0 Å². The predicted molar refractivity (Wildman–Crippen MR) is 138 cm³/mol. The number of fused-ring (bicyclic) bond motifs is 1. The molecular formula is C28H36N4O2. The van der Waals surface area contributed by atoms with E-state index in [2.05, 4.69) is 33.9 Å². The normalized spacial score (nSPS) is 17.9. The summed E-state index contributed by atoms with van der Waals surface area (Å²) in [7, 11) is 1.78. The topological polar surface area (TPSA) is 80.8 Å². The average Bonchev–Trinajstić information content (AvgIpc) is 2.82. The lowest BCUT2D eigenvalue weighted by molar-refractivity contribution is 0.0808. The van der Waals surface area contributed by atoms with Crippen molar-refractivity contribution < 1.29 is 9.53 Å². The van der Waals surface area contributed by atoms with E-state index in [0.717, 1.165) is 60.8 Å². The molecule has 0 spiro atoms. The van der Waals surface area contributed by atoms with Crippen molar-refractivity contribution in [2.75, 3.05) is 13.7 Å². The first-order chi connectivity index (χ1) is 16.4. The van der Waals surface area contributed by atoms with E-state index in [-0.39, 0.29) is 24.0 Å². The van der Waals surface area contributed by atoms with Crippen molar-refractivity contribution in [2.45, 2.75) is 71.4 Å². The molecule has 34 heavy (non-hydrogen) atoms. The molecule has 2 aromatic rings. The van der Waals surface area contributed by atoms with Crippen LogP contribution >= 0.6 is 0 Å². The van der Waals surface area contributed by atoms with E-state index < -0.39 is 0 Å². The molecule has 3 rings (SSSR count). The molecule has 0 bridgehead atoms. The first-order valence-corrected chi connectivity index (χ1v) is 12.1. The van der Waals surface area contributed by atoms with Gasteiger partial charge in [0.2, 0.25) is 0 Å². The zero-order chi connectivity index (χ0) is 24.5. The number of nitrogens with two attached hydrogens (primary N) is 1. The number of methoxy groups -OCH3 is 1. The number of nitrogens with zero attached hydrogens (tertiary/aromatic N) is 3. The van der Waals surface area contributed by atoms with Crippen LogP contribution in [-0.2, 0) is 11.2 Å². The molecular weight excluding hydrogens is 424 g/mol. The Morgan fingerprint density at radius 3 is 2.65 bits per heavy atom. The van der Waals surface area contributed by atoms with E-state index in [1.54, 1.807) is 31.3 Å². The first-order valence-electron chi connectivity index (χ1n) is 12.1. The predicted octanol–water partition coefficient (Wildman–Crippen LogP) is 4.81. The fourth-order valence-corrected chi connectivity index (χ4v) is 4.37. The van der Waals surface area contributed by atoms with Gasteiger partial charge in [-0.1, -0.05) is 24.5 Å². The number of carbonyl (C=O) groups is 1. The Hall–Kier alpha value is -3.17. The van der Waals surface area contributed by atoms with Crippen LogP contribution < -0.4 is 5.73 Å². The van der Waals surface area contributed by atoms with Crippen molar-refractivity contribution in [1.29, 1.82) is 0 Å². The second-order valence-corrected chi connectivity index (χ2v) is 8.96. The molecule has 6 nitrogen and oxygen atoms in total. The van der Waals surface area contributed by atoms with Crippen LogP contribution in [0.25, 0.3) is 11.1 Å². The van der Waals surface area contributed by atoms with Gasteiger partial charge in [0, 0.05) is 48.8 Å². The van der Waals surface area contributed by atoms with Crippen molar-refractivity contribution >= 4 is 11.9 Å². The van der Waals surface area contributed by atoms with Gasteiger partial charge in [0.15, 0.2) is 5.96 Å². The Labute approximate surface area is 203 Å². The van der Waals surface area contributed by atoms with Gasteiger partial charge in [-0.2, -0.15) is 0 Å². The van der Waals surface area contributed by atoms with Gasteiger partial charge in [-0.3, -0.25) is 19.7 Å². The quantitative estimate of drug-likeness (QED) is 0.667. The fourth-order valence-electron chi connectivity index (χ4n) is 4.37. The van der Waals surface area contributed by atoms with Crippen molar-refractivity contribution in [3.05, 3.63) is 53.3 Å². The number of aryl methyl sites for hydroxylation is 1. The maximum absolute atomic E-state index is 13.8. The van der Waals surface area contributed by atoms with Crippen LogP contribution in [0.4, 0.5) is 0 Å². The summed E-state index contributed by atoms with van der Waals surface area (Å²) in [5, 5.41) is 0. The van der Waals surface area contributed by atoms with Crippen LogP contribution in [0.15, 0.2) is 41.7 Å². The molecule has 2 heterocycles.